The smallest absolute Gasteiger partial charge is 0.107 e. The molecule has 0 aliphatic rings. The van der Waals surface area contributed by atoms with Gasteiger partial charge in [0.2, 0.25) is 0 Å². The van der Waals surface area contributed by atoms with Crippen molar-refractivity contribution in [3.05, 3.63) is 19.8 Å². The fourth-order valence-electron chi connectivity index (χ4n) is 1.13. The van der Waals surface area contributed by atoms with E-state index in [9.17, 15) is 0 Å². The molecule has 0 bridgehead atoms. The molecule has 1 nitrogen and oxygen atoms in total. The normalized spacial score (nSPS) is 12.1. The summed E-state index contributed by atoms with van der Waals surface area (Å²) in [7, 11) is 0. The third kappa shape index (κ3) is 4.43. The van der Waals surface area contributed by atoms with Crippen LogP contribution in [0.25, 0.3) is 0 Å². The average Bonchev–Trinajstić information content (AvgIpc) is 2.46. The van der Waals surface area contributed by atoms with Crippen molar-refractivity contribution < 1.29 is 0 Å². The summed E-state index contributed by atoms with van der Waals surface area (Å²) < 4.78 is 1.84. The SMILES string of the molecule is CCC(C)(C)CNCc1cc(Br)c(Cl)s1. The third-order valence-electron chi connectivity index (χ3n) is 2.56. The molecule has 1 heterocycles. The highest BCUT2D eigenvalue weighted by atomic mass is 79.9. The number of thiophene rings is 1. The van der Waals surface area contributed by atoms with Gasteiger partial charge in [0.15, 0.2) is 0 Å². The van der Waals surface area contributed by atoms with E-state index in [-0.39, 0.29) is 0 Å². The van der Waals surface area contributed by atoms with Crippen molar-refractivity contribution in [3.8, 4) is 0 Å². The molecular formula is C11H17BrClNS. The predicted molar refractivity (Wildman–Crippen MR) is 72.8 cm³/mol. The Morgan fingerprint density at radius 1 is 1.53 bits per heavy atom. The van der Waals surface area contributed by atoms with E-state index in [1.165, 1.54) is 11.3 Å². The van der Waals surface area contributed by atoms with Crippen LogP contribution in [0.1, 0.15) is 32.1 Å². The summed E-state index contributed by atoms with van der Waals surface area (Å²) in [5.41, 5.74) is 0.373. The Bertz CT molecular complexity index is 303. The Morgan fingerprint density at radius 3 is 2.67 bits per heavy atom. The van der Waals surface area contributed by atoms with Crippen LogP contribution < -0.4 is 5.32 Å². The monoisotopic (exact) mass is 309 g/mol. The van der Waals surface area contributed by atoms with Crippen LogP contribution in [-0.2, 0) is 6.54 Å². The molecule has 0 spiro atoms. The number of rotatable bonds is 5. The maximum atomic E-state index is 5.97. The van der Waals surface area contributed by atoms with Crippen LogP contribution in [0.15, 0.2) is 10.5 Å². The first-order chi connectivity index (χ1) is 6.94. The first kappa shape index (κ1) is 13.5. The molecule has 0 saturated heterocycles. The second kappa shape index (κ2) is 5.67. The Kier molecular flexibility index (Phi) is 5.10. The fraction of sp³-hybridized carbons (Fsp3) is 0.636. The molecular weight excluding hydrogens is 294 g/mol. The zero-order valence-corrected chi connectivity index (χ0v) is 12.5. The Hall–Kier alpha value is 0.430. The lowest BCUT2D eigenvalue weighted by Gasteiger charge is -2.22. The Labute approximate surface area is 109 Å². The molecule has 1 aromatic heterocycles. The molecule has 0 radical (unpaired) electrons. The fourth-order valence-corrected chi connectivity index (χ4v) is 2.89. The number of nitrogens with one attached hydrogen (secondary N) is 1. The van der Waals surface area contributed by atoms with E-state index in [2.05, 4.69) is 48.1 Å². The molecule has 0 atom stereocenters. The minimum atomic E-state index is 0.373. The van der Waals surface area contributed by atoms with Gasteiger partial charge in [-0.1, -0.05) is 32.4 Å². The molecule has 0 saturated carbocycles. The topological polar surface area (TPSA) is 12.0 Å². The maximum absolute atomic E-state index is 5.97. The van der Waals surface area contributed by atoms with Crippen LogP contribution in [0.4, 0.5) is 0 Å². The van der Waals surface area contributed by atoms with E-state index in [4.69, 9.17) is 11.6 Å². The van der Waals surface area contributed by atoms with Crippen molar-refractivity contribution in [2.24, 2.45) is 5.41 Å². The zero-order chi connectivity index (χ0) is 11.5. The summed E-state index contributed by atoms with van der Waals surface area (Å²) in [5.74, 6) is 0. The molecule has 1 N–H and O–H groups in total. The van der Waals surface area contributed by atoms with E-state index in [1.807, 2.05) is 0 Å². The van der Waals surface area contributed by atoms with Crippen molar-refractivity contribution in [2.75, 3.05) is 6.54 Å². The van der Waals surface area contributed by atoms with Gasteiger partial charge in [-0.3, -0.25) is 0 Å². The molecule has 15 heavy (non-hydrogen) atoms. The lowest BCUT2D eigenvalue weighted by atomic mass is 9.90. The molecule has 4 heteroatoms. The summed E-state index contributed by atoms with van der Waals surface area (Å²) >= 11 is 11.0. The van der Waals surface area contributed by atoms with Crippen LogP contribution in [0.5, 0.6) is 0 Å². The van der Waals surface area contributed by atoms with Gasteiger partial charge in [-0.15, -0.1) is 11.3 Å². The van der Waals surface area contributed by atoms with E-state index in [0.717, 1.165) is 21.9 Å². The molecule has 0 fully saturated rings. The van der Waals surface area contributed by atoms with Gasteiger partial charge in [-0.25, -0.2) is 0 Å². The van der Waals surface area contributed by atoms with Crippen molar-refractivity contribution in [3.63, 3.8) is 0 Å². The van der Waals surface area contributed by atoms with Crippen LogP contribution in [0.2, 0.25) is 4.34 Å². The molecule has 0 aromatic carbocycles. The van der Waals surface area contributed by atoms with Crippen LogP contribution in [0.3, 0.4) is 0 Å². The second-order valence-electron chi connectivity index (χ2n) is 4.46. The molecule has 1 rings (SSSR count). The minimum Gasteiger partial charge on any atom is -0.311 e. The van der Waals surface area contributed by atoms with Crippen molar-refractivity contribution in [1.29, 1.82) is 0 Å². The number of hydrogen-bond acceptors (Lipinski definition) is 2. The third-order valence-corrected chi connectivity index (χ3v) is 5.03. The summed E-state index contributed by atoms with van der Waals surface area (Å²) in [5, 5.41) is 3.46. The van der Waals surface area contributed by atoms with Crippen molar-refractivity contribution >= 4 is 38.9 Å². The van der Waals surface area contributed by atoms with E-state index < -0.39 is 0 Å². The highest BCUT2D eigenvalue weighted by Crippen LogP contribution is 2.31. The first-order valence-electron chi connectivity index (χ1n) is 5.09. The summed E-state index contributed by atoms with van der Waals surface area (Å²) in [6, 6.07) is 2.08. The Morgan fingerprint density at radius 2 is 2.20 bits per heavy atom. The van der Waals surface area contributed by atoms with Gasteiger partial charge >= 0.3 is 0 Å². The molecule has 0 aliphatic heterocycles. The molecule has 0 amide bonds. The number of halogens is 2. The molecule has 0 aliphatic carbocycles. The molecule has 1 aromatic rings. The van der Waals surface area contributed by atoms with Crippen LogP contribution >= 0.6 is 38.9 Å². The zero-order valence-electron chi connectivity index (χ0n) is 9.36. The van der Waals surface area contributed by atoms with Crippen LogP contribution in [0, 0.1) is 5.41 Å². The van der Waals surface area contributed by atoms with E-state index in [1.54, 1.807) is 11.3 Å². The second-order valence-corrected chi connectivity index (χ2v) is 7.05. The van der Waals surface area contributed by atoms with Gasteiger partial charge in [-0.2, -0.15) is 0 Å². The quantitative estimate of drug-likeness (QED) is 0.832. The van der Waals surface area contributed by atoms with E-state index in [0.29, 0.717) is 5.41 Å². The van der Waals surface area contributed by atoms with Gasteiger partial charge < -0.3 is 5.32 Å². The van der Waals surface area contributed by atoms with Gasteiger partial charge in [-0.05, 0) is 33.8 Å². The lowest BCUT2D eigenvalue weighted by molar-refractivity contribution is 0.328. The summed E-state index contributed by atoms with van der Waals surface area (Å²) in [6.45, 7) is 8.71. The highest BCUT2D eigenvalue weighted by molar-refractivity contribution is 9.10. The highest BCUT2D eigenvalue weighted by Gasteiger charge is 2.14. The molecule has 86 valence electrons. The predicted octanol–water partition coefficient (Wildman–Crippen LogP) is 4.69. The summed E-state index contributed by atoms with van der Waals surface area (Å²) in [4.78, 5) is 1.28. The Balaban J connectivity index is 2.38. The summed E-state index contributed by atoms with van der Waals surface area (Å²) in [6.07, 6.45) is 1.19. The minimum absolute atomic E-state index is 0.373. The number of hydrogen-bond donors (Lipinski definition) is 1. The molecule has 0 unspecified atom stereocenters. The van der Waals surface area contributed by atoms with Crippen LogP contribution in [-0.4, -0.2) is 6.54 Å². The maximum Gasteiger partial charge on any atom is 0.107 e. The van der Waals surface area contributed by atoms with Crippen molar-refractivity contribution in [2.45, 2.75) is 33.7 Å². The lowest BCUT2D eigenvalue weighted by Crippen LogP contribution is -2.28. The van der Waals surface area contributed by atoms with Gasteiger partial charge in [0.25, 0.3) is 0 Å². The standard InChI is InChI=1S/C11H17BrClNS/c1-4-11(2,3)7-14-6-8-5-9(12)10(13)15-8/h5,14H,4,6-7H2,1-3H3. The largest absolute Gasteiger partial charge is 0.311 e. The van der Waals surface area contributed by atoms with Gasteiger partial charge in [0.05, 0.1) is 0 Å². The van der Waals surface area contributed by atoms with Crippen molar-refractivity contribution in [1.82, 2.24) is 5.32 Å². The van der Waals surface area contributed by atoms with Gasteiger partial charge in [0.1, 0.15) is 4.34 Å². The first-order valence-corrected chi connectivity index (χ1v) is 7.08. The van der Waals surface area contributed by atoms with E-state index >= 15 is 0 Å². The van der Waals surface area contributed by atoms with Gasteiger partial charge in [0, 0.05) is 22.4 Å². The average molecular weight is 311 g/mol.